The molecular weight excluding hydrogens is 569 g/mol. The largest absolute Gasteiger partial charge is 0.355 e. The van der Waals surface area contributed by atoms with Gasteiger partial charge in [0.05, 0.1) is 33.2 Å². The van der Waals surface area contributed by atoms with E-state index in [1.807, 2.05) is 46.4 Å². The summed E-state index contributed by atoms with van der Waals surface area (Å²) in [5.74, 6) is -0.687. The number of halogens is 2. The van der Waals surface area contributed by atoms with E-state index in [1.54, 1.807) is 11.0 Å². The zero-order valence-electron chi connectivity index (χ0n) is 25.4. The van der Waals surface area contributed by atoms with E-state index in [1.165, 1.54) is 29.1 Å². The number of aromatic nitrogens is 5. The summed E-state index contributed by atoms with van der Waals surface area (Å²) >= 11 is 6.76. The Morgan fingerprint density at radius 3 is 2.14 bits per heavy atom. The molecule has 2 atom stereocenters. The van der Waals surface area contributed by atoms with Gasteiger partial charge >= 0.3 is 5.69 Å². The molecule has 3 aromatic rings. The number of allylic oxidation sites excluding steroid dienone is 4. The molecule has 4 heterocycles. The number of pyridine rings is 1. The van der Waals surface area contributed by atoms with Crippen LogP contribution >= 0.6 is 11.6 Å². The molecule has 4 rings (SSSR count). The lowest BCUT2D eigenvalue weighted by atomic mass is 10.0. The number of nitrogens with zero attached hydrogens (tertiary/aromatic N) is 7. The number of anilines is 1. The van der Waals surface area contributed by atoms with Crippen molar-refractivity contribution in [1.29, 1.82) is 0 Å². The highest BCUT2D eigenvalue weighted by Gasteiger charge is 2.34. The molecule has 226 valence electrons. The van der Waals surface area contributed by atoms with Gasteiger partial charge in [-0.25, -0.2) is 28.7 Å². The third-order valence-electron chi connectivity index (χ3n) is 7.48. The lowest BCUT2D eigenvalue weighted by molar-refractivity contribution is -0.130. The average molecular weight is 606 g/mol. The highest BCUT2D eigenvalue weighted by Crippen LogP contribution is 2.36. The summed E-state index contributed by atoms with van der Waals surface area (Å²) in [5, 5.41) is 0.624. The van der Waals surface area contributed by atoms with Crippen molar-refractivity contribution < 1.29 is 9.18 Å². The minimum absolute atomic E-state index is 0.0375. The van der Waals surface area contributed by atoms with Crippen molar-refractivity contribution in [3.05, 3.63) is 88.8 Å². The molecule has 0 aromatic carbocycles. The Hall–Kier alpha value is -4.18. The minimum atomic E-state index is -0.753. The van der Waals surface area contributed by atoms with Crippen LogP contribution in [-0.4, -0.2) is 60.5 Å². The number of rotatable bonds is 8. The molecule has 1 aliphatic rings. The van der Waals surface area contributed by atoms with Crippen molar-refractivity contribution in [3.63, 3.8) is 0 Å². The van der Waals surface area contributed by atoms with Crippen LogP contribution in [0.25, 0.3) is 22.3 Å². The van der Waals surface area contributed by atoms with E-state index in [0.29, 0.717) is 41.4 Å². The Morgan fingerprint density at radius 1 is 1.07 bits per heavy atom. The Morgan fingerprint density at radius 2 is 1.65 bits per heavy atom. The van der Waals surface area contributed by atoms with Crippen LogP contribution in [-0.2, 0) is 4.79 Å². The van der Waals surface area contributed by atoms with Crippen LogP contribution in [0.15, 0.2) is 61.0 Å². The summed E-state index contributed by atoms with van der Waals surface area (Å²) in [6.07, 6.45) is 5.63. The maximum atomic E-state index is 14.7. The van der Waals surface area contributed by atoms with E-state index < -0.39 is 11.5 Å². The number of carbonyl (C=O) groups excluding carboxylic acids is 1. The number of hydrogen-bond acceptors (Lipinski definition) is 7. The van der Waals surface area contributed by atoms with Crippen molar-refractivity contribution >= 4 is 39.9 Å². The molecule has 1 aliphatic heterocycles. The summed E-state index contributed by atoms with van der Waals surface area (Å²) in [6, 6.07) is 1.24. The average Bonchev–Trinajstić information content (AvgIpc) is 2.94. The van der Waals surface area contributed by atoms with Crippen LogP contribution in [0, 0.1) is 0 Å². The molecule has 43 heavy (non-hydrogen) atoms. The van der Waals surface area contributed by atoms with Crippen molar-refractivity contribution in [3.8, 4) is 5.69 Å². The van der Waals surface area contributed by atoms with E-state index in [9.17, 15) is 14.0 Å². The van der Waals surface area contributed by atoms with Gasteiger partial charge in [-0.05, 0) is 37.8 Å². The predicted molar refractivity (Wildman–Crippen MR) is 171 cm³/mol. The van der Waals surface area contributed by atoms with Crippen LogP contribution in [0.2, 0.25) is 5.02 Å². The monoisotopic (exact) mass is 605 g/mol. The zero-order valence-corrected chi connectivity index (χ0v) is 26.2. The topological polar surface area (TPSA) is 97.1 Å². The molecule has 0 N–H and O–H groups in total. The van der Waals surface area contributed by atoms with Crippen molar-refractivity contribution in [2.75, 3.05) is 18.0 Å². The number of hydrogen-bond donors (Lipinski definition) is 0. The molecule has 1 fully saturated rings. The molecular formula is C32H37ClFN7O2. The van der Waals surface area contributed by atoms with Gasteiger partial charge in [0.2, 0.25) is 5.91 Å². The quantitative estimate of drug-likeness (QED) is 0.225. The molecule has 2 unspecified atom stereocenters. The molecule has 0 aliphatic carbocycles. The number of piperazine rings is 1. The van der Waals surface area contributed by atoms with E-state index in [0.717, 1.165) is 0 Å². The first-order valence-corrected chi connectivity index (χ1v) is 14.6. The minimum Gasteiger partial charge on any atom is -0.352 e. The SMILES string of the molecule is C=C/C=C(\C(=C)F)c1nc2c(cc1Cl)c(N1CC(C)N(C(=O)C=C)C(C)C1)nc(=O)n2-c1c(C(C)C)ncnc1C(C)C. The molecule has 3 aromatic heterocycles. The fraction of sp³-hybridized carbons (Fsp3) is 0.375. The van der Waals surface area contributed by atoms with Gasteiger partial charge in [0, 0.05) is 30.7 Å². The smallest absolute Gasteiger partial charge is 0.352 e. The number of amides is 1. The summed E-state index contributed by atoms with van der Waals surface area (Å²) in [7, 11) is 0. The Labute approximate surface area is 256 Å². The first-order chi connectivity index (χ1) is 20.3. The standard InChI is InChI=1S/C32H37ClFN7O2/c1-10-12-22(21(9)34)28-24(33)13-23-30(39-14-19(7)40(20(8)15-39)25(42)11-2)38-32(43)41(31(23)37-28)29-26(17(3)4)35-16-36-27(29)18(5)6/h10-13,16-20H,1-2,9,14-15H2,3-8H3/b22-12+. The number of fused-ring (bicyclic) bond motifs is 1. The highest BCUT2D eigenvalue weighted by molar-refractivity contribution is 6.33. The Bertz CT molecular complexity index is 1670. The van der Waals surface area contributed by atoms with Crippen LogP contribution < -0.4 is 10.6 Å². The van der Waals surface area contributed by atoms with Gasteiger partial charge in [-0.1, -0.05) is 71.2 Å². The molecule has 0 radical (unpaired) electrons. The van der Waals surface area contributed by atoms with Crippen molar-refractivity contribution in [1.82, 2.24) is 29.4 Å². The summed E-state index contributed by atoms with van der Waals surface area (Å²) < 4.78 is 16.1. The van der Waals surface area contributed by atoms with Crippen LogP contribution in [0.5, 0.6) is 0 Å². The van der Waals surface area contributed by atoms with Gasteiger partial charge in [-0.2, -0.15) is 4.98 Å². The van der Waals surface area contributed by atoms with E-state index in [4.69, 9.17) is 16.6 Å². The van der Waals surface area contributed by atoms with Gasteiger partial charge in [0.15, 0.2) is 5.65 Å². The van der Waals surface area contributed by atoms with Gasteiger partial charge in [0.1, 0.15) is 18.0 Å². The van der Waals surface area contributed by atoms with Crippen molar-refractivity contribution in [2.45, 2.75) is 65.5 Å². The fourth-order valence-electron chi connectivity index (χ4n) is 5.67. The lowest BCUT2D eigenvalue weighted by Crippen LogP contribution is -2.58. The molecule has 0 bridgehead atoms. The summed E-state index contributed by atoms with van der Waals surface area (Å²) in [5.41, 5.74) is 1.53. The first kappa shape index (κ1) is 31.7. The van der Waals surface area contributed by atoms with E-state index >= 15 is 0 Å². The number of carbonyl (C=O) groups is 1. The second kappa shape index (κ2) is 12.6. The molecule has 0 saturated carbocycles. The van der Waals surface area contributed by atoms with Crippen molar-refractivity contribution in [2.24, 2.45) is 0 Å². The van der Waals surface area contributed by atoms with Gasteiger partial charge < -0.3 is 9.80 Å². The van der Waals surface area contributed by atoms with Gasteiger partial charge in [0.25, 0.3) is 0 Å². The summed E-state index contributed by atoms with van der Waals surface area (Å²) in [6.45, 7) is 23.3. The molecule has 1 saturated heterocycles. The summed E-state index contributed by atoms with van der Waals surface area (Å²) in [4.78, 5) is 48.9. The maximum Gasteiger partial charge on any atom is 0.355 e. The third kappa shape index (κ3) is 5.88. The molecule has 9 nitrogen and oxygen atoms in total. The third-order valence-corrected chi connectivity index (χ3v) is 7.77. The molecule has 0 spiro atoms. The fourth-order valence-corrected chi connectivity index (χ4v) is 5.92. The van der Waals surface area contributed by atoms with Gasteiger partial charge in [-0.15, -0.1) is 0 Å². The highest BCUT2D eigenvalue weighted by atomic mass is 35.5. The van der Waals surface area contributed by atoms with Gasteiger partial charge in [-0.3, -0.25) is 4.79 Å². The Balaban J connectivity index is 2.12. The van der Waals surface area contributed by atoms with Crippen LogP contribution in [0.4, 0.5) is 10.2 Å². The molecule has 1 amide bonds. The predicted octanol–water partition coefficient (Wildman–Crippen LogP) is 6.14. The lowest BCUT2D eigenvalue weighted by Gasteiger charge is -2.44. The van der Waals surface area contributed by atoms with Crippen LogP contribution in [0.1, 0.15) is 70.5 Å². The van der Waals surface area contributed by atoms with Crippen LogP contribution in [0.3, 0.4) is 0 Å². The van der Waals surface area contributed by atoms with E-state index in [2.05, 4.69) is 34.7 Å². The Kier molecular flexibility index (Phi) is 9.29. The van der Waals surface area contributed by atoms with E-state index in [-0.39, 0.29) is 51.8 Å². The second-order valence-corrected chi connectivity index (χ2v) is 11.7. The molecule has 11 heteroatoms. The zero-order chi connectivity index (χ0) is 31.7. The second-order valence-electron chi connectivity index (χ2n) is 11.3. The normalized spacial score (nSPS) is 17.6. The first-order valence-electron chi connectivity index (χ1n) is 14.2. The maximum absolute atomic E-state index is 14.7.